The first-order chi connectivity index (χ1) is 10.9. The van der Waals surface area contributed by atoms with Gasteiger partial charge in [0.2, 0.25) is 0 Å². The smallest absolute Gasteiger partial charge is 0.209 e. The summed E-state index contributed by atoms with van der Waals surface area (Å²) >= 11 is 0. The van der Waals surface area contributed by atoms with Gasteiger partial charge < -0.3 is 0 Å². The second-order valence-corrected chi connectivity index (χ2v) is 16.8. The van der Waals surface area contributed by atoms with Crippen molar-refractivity contribution in [2.75, 3.05) is 21.1 Å². The molecule has 0 spiro atoms. The Kier molecular flexibility index (Phi) is 9.62. The molecule has 0 rings (SSSR count). The molecular formula is C5H13F11N3P6+3. The Balaban J connectivity index is 6.73. The van der Waals surface area contributed by atoms with Gasteiger partial charge in [-0.1, -0.05) is 4.44 Å². The van der Waals surface area contributed by atoms with Crippen molar-refractivity contribution in [3.05, 3.63) is 0 Å². The minimum absolute atomic E-state index is 0.0385. The molecule has 3 nitrogen and oxygen atoms in total. The summed E-state index contributed by atoms with van der Waals surface area (Å²) in [6, 6.07) is 0. The van der Waals surface area contributed by atoms with Crippen LogP contribution >= 0.6 is 50.5 Å². The molecular weight excluding hydrogens is 497 g/mol. The highest BCUT2D eigenvalue weighted by atomic mass is 31.4. The second kappa shape index (κ2) is 9.01. The van der Waals surface area contributed by atoms with E-state index in [9.17, 15) is 46.2 Å². The summed E-state index contributed by atoms with van der Waals surface area (Å²) < 4.78 is 142. The summed E-state index contributed by atoms with van der Waals surface area (Å²) in [6.07, 6.45) is 0. The first-order valence-corrected chi connectivity index (χ1v) is 13.2. The van der Waals surface area contributed by atoms with Crippen LogP contribution in [0.25, 0.3) is 0 Å². The largest absolute Gasteiger partial charge is 0.565 e. The number of hydrogen-bond donors (Lipinski definition) is 0. The Bertz CT molecular complexity index is 428. The molecule has 0 aromatic rings. The second-order valence-electron chi connectivity index (χ2n) is 4.44. The molecule has 25 heavy (non-hydrogen) atoms. The van der Waals surface area contributed by atoms with Gasteiger partial charge in [0.05, 0.1) is 6.92 Å². The Hall–Kier alpha value is 1.69. The Labute approximate surface area is 143 Å². The van der Waals surface area contributed by atoms with Crippen molar-refractivity contribution >= 4 is 50.5 Å². The molecule has 1 atom stereocenters. The molecule has 152 valence electrons. The Morgan fingerprint density at radius 2 is 1.00 bits per heavy atom. The molecule has 0 aromatic heterocycles. The van der Waals surface area contributed by atoms with E-state index in [1.165, 1.54) is 0 Å². The van der Waals surface area contributed by atoms with Crippen molar-refractivity contribution in [2.24, 2.45) is 0 Å². The van der Waals surface area contributed by atoms with Crippen molar-refractivity contribution in [1.82, 2.24) is 13.3 Å². The normalized spacial score (nSPS) is 15.8. The summed E-state index contributed by atoms with van der Waals surface area (Å²) in [6.45, 7) is -0.399. The fourth-order valence-electron chi connectivity index (χ4n) is 1.48. The van der Waals surface area contributed by atoms with Gasteiger partial charge in [-0.05, 0) is 8.88 Å². The quantitative estimate of drug-likeness (QED) is 0.226. The lowest BCUT2D eigenvalue weighted by atomic mass is 10.9. The lowest BCUT2D eigenvalue weighted by Crippen LogP contribution is -2.37. The van der Waals surface area contributed by atoms with E-state index in [0.717, 1.165) is 0 Å². The molecule has 0 aliphatic rings. The van der Waals surface area contributed by atoms with Crippen LogP contribution in [-0.4, -0.2) is 39.1 Å². The molecule has 0 saturated carbocycles. The maximum absolute atomic E-state index is 14.5. The van der Waals surface area contributed by atoms with Crippen molar-refractivity contribution < 1.29 is 46.2 Å². The predicted molar refractivity (Wildman–Crippen MR) is 86.8 cm³/mol. The van der Waals surface area contributed by atoms with Gasteiger partial charge in [-0.15, -0.1) is 0 Å². The van der Waals surface area contributed by atoms with Crippen LogP contribution < -0.4 is 0 Å². The summed E-state index contributed by atoms with van der Waals surface area (Å²) in [7, 11) is -32.8. The van der Waals surface area contributed by atoms with Gasteiger partial charge in [-0.3, -0.25) is 0 Å². The van der Waals surface area contributed by atoms with Crippen LogP contribution in [0.4, 0.5) is 46.2 Å². The van der Waals surface area contributed by atoms with E-state index in [4.69, 9.17) is 0 Å². The number of hydrogen-bond acceptors (Lipinski definition) is 3. The molecule has 0 saturated heterocycles. The molecule has 0 aliphatic heterocycles. The monoisotopic (exact) mass is 510 g/mol. The summed E-state index contributed by atoms with van der Waals surface area (Å²) in [4.78, 5) is 0. The van der Waals surface area contributed by atoms with Crippen LogP contribution in [-0.2, 0) is 0 Å². The molecule has 0 aromatic carbocycles. The van der Waals surface area contributed by atoms with Gasteiger partial charge in [-0.25, -0.2) is 4.20 Å². The molecule has 20 heteroatoms. The molecule has 0 aliphatic carbocycles. The van der Waals surface area contributed by atoms with Crippen molar-refractivity contribution in [2.45, 2.75) is 11.6 Å². The molecule has 0 N–H and O–H groups in total. The first-order valence-electron chi connectivity index (χ1n) is 5.62. The van der Waals surface area contributed by atoms with Crippen molar-refractivity contribution in [3.8, 4) is 0 Å². The number of rotatable bonds is 9. The van der Waals surface area contributed by atoms with Gasteiger partial charge in [-0.2, -0.15) is 16.8 Å². The van der Waals surface area contributed by atoms with E-state index in [1.54, 1.807) is 0 Å². The Morgan fingerprint density at radius 1 is 0.720 bits per heavy atom. The maximum atomic E-state index is 14.5. The molecule has 0 fully saturated rings. The van der Waals surface area contributed by atoms with Crippen LogP contribution in [0.15, 0.2) is 0 Å². The SMILES string of the molecule is CN(PF)[P+](F)(F)C(C)([P+](F)(F)N(C)P(F)F)[P+](F)(F)N(C)P(F)F. The third-order valence-corrected chi connectivity index (χ3v) is 17.0. The van der Waals surface area contributed by atoms with Crippen LogP contribution in [0, 0.1) is 0 Å². The van der Waals surface area contributed by atoms with Gasteiger partial charge in [0.25, 0.3) is 0 Å². The van der Waals surface area contributed by atoms with E-state index in [-0.39, 0.29) is 21.1 Å². The third kappa shape index (κ3) is 4.49. The molecule has 1 unspecified atom stereocenters. The molecule has 0 heterocycles. The van der Waals surface area contributed by atoms with Gasteiger partial charge in [0.15, 0.2) is 9.04 Å². The van der Waals surface area contributed by atoms with E-state index in [1.807, 2.05) is 0 Å². The zero-order chi connectivity index (χ0) is 20.6. The standard InChI is InChI=1S/C5H13F11N3P6/c1-5(23(11,12)17(2)20-6,24(13,14)18(3)21(7)8)25(15,16)19(4)22(9)10/h20H,1-4H3/q+3. The highest BCUT2D eigenvalue weighted by Crippen LogP contribution is 3.07. The number of halogens is 11. The van der Waals surface area contributed by atoms with E-state index >= 15 is 0 Å². The predicted octanol–water partition coefficient (Wildman–Crippen LogP) is 9.37. The summed E-state index contributed by atoms with van der Waals surface area (Å²) in [5.41, 5.74) is 0. The highest BCUT2D eigenvalue weighted by Gasteiger charge is 3.04. The van der Waals surface area contributed by atoms with Crippen molar-refractivity contribution in [3.63, 3.8) is 0 Å². The zero-order valence-corrected chi connectivity index (χ0v) is 18.2. The van der Waals surface area contributed by atoms with Crippen LogP contribution in [0.2, 0.25) is 0 Å². The van der Waals surface area contributed by atoms with Crippen LogP contribution in [0.3, 0.4) is 0 Å². The highest BCUT2D eigenvalue weighted by molar-refractivity contribution is 8.02. The van der Waals surface area contributed by atoms with Gasteiger partial charge >= 0.3 is 46.1 Å². The topological polar surface area (TPSA) is 9.72 Å². The summed E-state index contributed by atoms with van der Waals surface area (Å²) in [5.74, 6) is 0. The maximum Gasteiger partial charge on any atom is 0.565 e. The van der Waals surface area contributed by atoms with Crippen molar-refractivity contribution in [1.29, 1.82) is 0 Å². The number of nitrogens with zero attached hydrogens (tertiary/aromatic N) is 3. The third-order valence-electron chi connectivity index (χ3n) is 3.19. The van der Waals surface area contributed by atoms with Crippen LogP contribution in [0.1, 0.15) is 6.92 Å². The Morgan fingerprint density at radius 3 is 1.20 bits per heavy atom. The van der Waals surface area contributed by atoms with Gasteiger partial charge in [0, 0.05) is 46.3 Å². The van der Waals surface area contributed by atoms with Crippen LogP contribution in [0.5, 0.6) is 0 Å². The lowest BCUT2D eigenvalue weighted by molar-refractivity contribution is 0.484. The van der Waals surface area contributed by atoms with E-state index < -0.39 is 75.4 Å². The minimum Gasteiger partial charge on any atom is -0.209 e. The van der Waals surface area contributed by atoms with Gasteiger partial charge in [0.1, 0.15) is 0 Å². The first kappa shape index (κ1) is 26.7. The molecule has 0 bridgehead atoms. The fraction of sp³-hybridized carbons (Fsp3) is 1.00. The van der Waals surface area contributed by atoms with E-state index in [0.29, 0.717) is 0 Å². The molecule has 0 radical (unpaired) electrons. The average molecular weight is 510 g/mol. The fourth-order valence-corrected chi connectivity index (χ4v) is 13.8. The van der Waals surface area contributed by atoms with E-state index in [2.05, 4.69) is 0 Å². The zero-order valence-electron chi connectivity index (χ0n) is 12.7. The molecule has 0 amide bonds. The summed E-state index contributed by atoms with van der Waals surface area (Å²) in [5, 5.41) is 0. The lowest BCUT2D eigenvalue weighted by Gasteiger charge is -2.31. The average Bonchev–Trinajstić information content (AvgIpc) is 2.50. The minimum atomic E-state index is -7.07.